The highest BCUT2D eigenvalue weighted by atomic mass is 16.5. The van der Waals surface area contributed by atoms with Crippen LogP contribution in [0.4, 0.5) is 0 Å². The van der Waals surface area contributed by atoms with Crippen molar-refractivity contribution in [2.75, 3.05) is 20.2 Å². The molecule has 0 unspecified atom stereocenters. The summed E-state index contributed by atoms with van der Waals surface area (Å²) < 4.78 is 5.69. The van der Waals surface area contributed by atoms with Crippen LogP contribution in [0.1, 0.15) is 31.9 Å². The van der Waals surface area contributed by atoms with E-state index in [2.05, 4.69) is 38.8 Å². The van der Waals surface area contributed by atoms with E-state index in [-0.39, 0.29) is 5.60 Å². The third kappa shape index (κ3) is 5.81. The molecule has 0 amide bonds. The van der Waals surface area contributed by atoms with E-state index >= 15 is 0 Å². The zero-order valence-electron chi connectivity index (χ0n) is 11.7. The predicted octanol–water partition coefficient (Wildman–Crippen LogP) is 2.81. The molecule has 98 valence electrons. The minimum absolute atomic E-state index is 0.0818. The highest BCUT2D eigenvalue weighted by Gasteiger charge is 2.10. The fourth-order valence-electron chi connectivity index (χ4n) is 1.64. The van der Waals surface area contributed by atoms with Crippen LogP contribution in [0, 0.1) is 11.3 Å². The minimum atomic E-state index is -0.0818. The Morgan fingerprint density at radius 3 is 2.67 bits per heavy atom. The van der Waals surface area contributed by atoms with E-state index in [1.165, 1.54) is 0 Å². The van der Waals surface area contributed by atoms with Gasteiger partial charge in [-0.1, -0.05) is 12.1 Å². The van der Waals surface area contributed by atoms with Crippen molar-refractivity contribution in [1.82, 2.24) is 4.90 Å². The number of likely N-dealkylation sites (N-methyl/N-ethyl adjacent to an activating group) is 1. The van der Waals surface area contributed by atoms with Crippen LogP contribution < -0.4 is 0 Å². The van der Waals surface area contributed by atoms with Crippen LogP contribution in [-0.2, 0) is 11.3 Å². The molecule has 0 aliphatic heterocycles. The molecule has 1 aromatic carbocycles. The second-order valence-corrected chi connectivity index (χ2v) is 5.51. The summed E-state index contributed by atoms with van der Waals surface area (Å²) in [6.07, 6.45) is 0. The summed E-state index contributed by atoms with van der Waals surface area (Å²) >= 11 is 0. The van der Waals surface area contributed by atoms with Crippen molar-refractivity contribution in [3.63, 3.8) is 0 Å². The SMILES string of the molecule is CN(CCOC(C)(C)C)Cc1cccc(C#N)c1. The van der Waals surface area contributed by atoms with Crippen molar-refractivity contribution in [3.05, 3.63) is 35.4 Å². The van der Waals surface area contributed by atoms with Gasteiger partial charge in [-0.15, -0.1) is 0 Å². The van der Waals surface area contributed by atoms with Crippen LogP contribution >= 0.6 is 0 Å². The zero-order chi connectivity index (χ0) is 13.6. The Bertz CT molecular complexity index is 415. The number of rotatable bonds is 5. The van der Waals surface area contributed by atoms with Gasteiger partial charge in [0.2, 0.25) is 0 Å². The van der Waals surface area contributed by atoms with Gasteiger partial charge < -0.3 is 4.74 Å². The van der Waals surface area contributed by atoms with Crippen molar-refractivity contribution >= 4 is 0 Å². The maximum absolute atomic E-state index is 8.84. The minimum Gasteiger partial charge on any atom is -0.375 e. The highest BCUT2D eigenvalue weighted by molar-refractivity contribution is 5.32. The van der Waals surface area contributed by atoms with Crippen LogP contribution in [0.3, 0.4) is 0 Å². The van der Waals surface area contributed by atoms with Gasteiger partial charge in [0.1, 0.15) is 0 Å². The van der Waals surface area contributed by atoms with Gasteiger partial charge in [0, 0.05) is 13.1 Å². The second-order valence-electron chi connectivity index (χ2n) is 5.51. The average Bonchev–Trinajstić information content (AvgIpc) is 2.27. The first-order valence-electron chi connectivity index (χ1n) is 6.22. The quantitative estimate of drug-likeness (QED) is 0.801. The van der Waals surface area contributed by atoms with Crippen molar-refractivity contribution in [3.8, 4) is 6.07 Å². The maximum atomic E-state index is 8.84. The zero-order valence-corrected chi connectivity index (χ0v) is 11.7. The Morgan fingerprint density at radius 1 is 1.33 bits per heavy atom. The lowest BCUT2D eigenvalue weighted by molar-refractivity contribution is -0.0113. The molecule has 3 nitrogen and oxygen atoms in total. The summed E-state index contributed by atoms with van der Waals surface area (Å²) in [5.74, 6) is 0. The van der Waals surface area contributed by atoms with E-state index in [0.717, 1.165) is 25.3 Å². The Hall–Kier alpha value is -1.37. The molecule has 3 heteroatoms. The summed E-state index contributed by atoms with van der Waals surface area (Å²) in [5, 5.41) is 8.84. The third-order valence-corrected chi connectivity index (χ3v) is 2.52. The van der Waals surface area contributed by atoms with Crippen molar-refractivity contribution in [2.45, 2.75) is 32.9 Å². The lowest BCUT2D eigenvalue weighted by Crippen LogP contribution is -2.28. The van der Waals surface area contributed by atoms with Crippen LogP contribution in [0.2, 0.25) is 0 Å². The molecule has 0 bridgehead atoms. The van der Waals surface area contributed by atoms with Crippen molar-refractivity contribution < 1.29 is 4.74 Å². The Labute approximate surface area is 110 Å². The molecule has 0 fully saturated rings. The number of hydrogen-bond donors (Lipinski definition) is 0. The van der Waals surface area contributed by atoms with Crippen LogP contribution in [0.15, 0.2) is 24.3 Å². The lowest BCUT2D eigenvalue weighted by Gasteiger charge is -2.22. The fraction of sp³-hybridized carbons (Fsp3) is 0.533. The monoisotopic (exact) mass is 246 g/mol. The Balaban J connectivity index is 2.40. The molecule has 0 saturated heterocycles. The number of nitrogens with zero attached hydrogens (tertiary/aromatic N) is 2. The van der Waals surface area contributed by atoms with Crippen LogP contribution in [-0.4, -0.2) is 30.7 Å². The summed E-state index contributed by atoms with van der Waals surface area (Å²) in [5.41, 5.74) is 1.79. The van der Waals surface area contributed by atoms with Gasteiger partial charge in [-0.05, 0) is 45.5 Å². The molecule has 0 spiro atoms. The highest BCUT2D eigenvalue weighted by Crippen LogP contribution is 2.08. The van der Waals surface area contributed by atoms with Gasteiger partial charge in [0.15, 0.2) is 0 Å². The standard InChI is InChI=1S/C15H22N2O/c1-15(2,3)18-9-8-17(4)12-14-7-5-6-13(10-14)11-16/h5-7,10H,8-9,12H2,1-4H3. The van der Waals surface area contributed by atoms with Crippen molar-refractivity contribution in [2.24, 2.45) is 0 Å². The van der Waals surface area contributed by atoms with Gasteiger partial charge in [-0.25, -0.2) is 0 Å². The van der Waals surface area contributed by atoms with E-state index in [1.54, 1.807) is 0 Å². The van der Waals surface area contributed by atoms with E-state index in [1.807, 2.05) is 24.3 Å². The first-order chi connectivity index (χ1) is 8.40. The molecule has 0 aromatic heterocycles. The van der Waals surface area contributed by atoms with E-state index in [0.29, 0.717) is 5.56 Å². The molecule has 0 aliphatic carbocycles. The molecule has 0 atom stereocenters. The number of benzene rings is 1. The molecule has 0 N–H and O–H groups in total. The summed E-state index contributed by atoms with van der Waals surface area (Å²) in [4.78, 5) is 2.20. The summed E-state index contributed by atoms with van der Waals surface area (Å²) in [7, 11) is 2.06. The Kier molecular flexibility index (Phi) is 5.33. The summed E-state index contributed by atoms with van der Waals surface area (Å²) in [6.45, 7) is 8.62. The first-order valence-corrected chi connectivity index (χ1v) is 6.22. The van der Waals surface area contributed by atoms with Gasteiger partial charge in [0.25, 0.3) is 0 Å². The maximum Gasteiger partial charge on any atom is 0.0991 e. The molecular weight excluding hydrogens is 224 g/mol. The van der Waals surface area contributed by atoms with Crippen LogP contribution in [0.25, 0.3) is 0 Å². The molecule has 0 heterocycles. The molecule has 0 saturated carbocycles. The smallest absolute Gasteiger partial charge is 0.0991 e. The van der Waals surface area contributed by atoms with E-state index in [9.17, 15) is 0 Å². The van der Waals surface area contributed by atoms with E-state index < -0.39 is 0 Å². The largest absolute Gasteiger partial charge is 0.375 e. The van der Waals surface area contributed by atoms with Gasteiger partial charge in [0.05, 0.1) is 23.8 Å². The summed E-state index contributed by atoms with van der Waals surface area (Å²) in [6, 6.07) is 9.89. The Morgan fingerprint density at radius 2 is 2.06 bits per heavy atom. The second kappa shape index (κ2) is 6.53. The third-order valence-electron chi connectivity index (χ3n) is 2.52. The lowest BCUT2D eigenvalue weighted by atomic mass is 10.1. The molecule has 1 aromatic rings. The number of nitriles is 1. The first kappa shape index (κ1) is 14.7. The average molecular weight is 246 g/mol. The van der Waals surface area contributed by atoms with E-state index in [4.69, 9.17) is 10.00 Å². The van der Waals surface area contributed by atoms with Gasteiger partial charge in [-0.3, -0.25) is 4.90 Å². The molecule has 0 radical (unpaired) electrons. The fourth-order valence-corrected chi connectivity index (χ4v) is 1.64. The molecular formula is C15H22N2O. The van der Waals surface area contributed by atoms with Gasteiger partial charge in [-0.2, -0.15) is 5.26 Å². The molecule has 0 aliphatic rings. The van der Waals surface area contributed by atoms with Crippen LogP contribution in [0.5, 0.6) is 0 Å². The molecule has 18 heavy (non-hydrogen) atoms. The van der Waals surface area contributed by atoms with Gasteiger partial charge >= 0.3 is 0 Å². The number of hydrogen-bond acceptors (Lipinski definition) is 3. The topological polar surface area (TPSA) is 36.3 Å². The normalized spacial score (nSPS) is 11.6. The predicted molar refractivity (Wildman–Crippen MR) is 73.2 cm³/mol. The molecule has 1 rings (SSSR count). The van der Waals surface area contributed by atoms with Crippen molar-refractivity contribution in [1.29, 1.82) is 5.26 Å². The number of ether oxygens (including phenoxy) is 1.